The minimum Gasteiger partial charge on any atom is -0.504 e. The van der Waals surface area contributed by atoms with Crippen molar-refractivity contribution in [1.29, 1.82) is 0 Å². The van der Waals surface area contributed by atoms with Crippen LogP contribution in [0.1, 0.15) is 0 Å². The van der Waals surface area contributed by atoms with Crippen molar-refractivity contribution in [1.82, 2.24) is 0 Å². The van der Waals surface area contributed by atoms with Gasteiger partial charge in [-0.15, -0.1) is 0 Å². The molecule has 0 amide bonds. The van der Waals surface area contributed by atoms with Crippen LogP contribution in [0.3, 0.4) is 0 Å². The van der Waals surface area contributed by atoms with Gasteiger partial charge in [0.15, 0.2) is 11.5 Å². The van der Waals surface area contributed by atoms with Gasteiger partial charge in [0.25, 0.3) is 0 Å². The van der Waals surface area contributed by atoms with E-state index in [0.29, 0.717) is 10.4 Å². The Labute approximate surface area is 90.3 Å². The molecule has 0 heterocycles. The van der Waals surface area contributed by atoms with Gasteiger partial charge in [0.05, 0.1) is 5.02 Å². The zero-order chi connectivity index (χ0) is 10.3. The first-order valence-corrected chi connectivity index (χ1v) is 4.65. The van der Waals surface area contributed by atoms with Crippen LogP contribution in [0.2, 0.25) is 10.0 Å². The molecule has 2 nitrogen and oxygen atoms in total. The number of hydrogen-bond donors (Lipinski definition) is 2. The third kappa shape index (κ3) is 1.37. The highest BCUT2D eigenvalue weighted by Gasteiger charge is 2.10. The second-order valence-electron chi connectivity index (χ2n) is 2.92. The van der Waals surface area contributed by atoms with Gasteiger partial charge >= 0.3 is 0 Å². The fourth-order valence-corrected chi connectivity index (χ4v) is 1.68. The van der Waals surface area contributed by atoms with E-state index in [9.17, 15) is 10.2 Å². The van der Waals surface area contributed by atoms with Crippen LogP contribution in [0.5, 0.6) is 11.5 Å². The molecule has 0 bridgehead atoms. The van der Waals surface area contributed by atoms with Gasteiger partial charge in [-0.2, -0.15) is 0 Å². The third-order valence-corrected chi connectivity index (χ3v) is 2.53. The van der Waals surface area contributed by atoms with E-state index in [1.165, 1.54) is 0 Å². The molecule has 0 atom stereocenters. The van der Waals surface area contributed by atoms with Crippen molar-refractivity contribution in [2.45, 2.75) is 0 Å². The zero-order valence-corrected chi connectivity index (χ0v) is 8.47. The minimum atomic E-state index is -0.318. The Morgan fingerprint density at radius 3 is 2.36 bits per heavy atom. The number of phenols is 2. The fourth-order valence-electron chi connectivity index (χ4n) is 1.30. The van der Waals surface area contributed by atoms with Gasteiger partial charge in [0.2, 0.25) is 0 Å². The van der Waals surface area contributed by atoms with Crippen LogP contribution in [0.25, 0.3) is 10.8 Å². The molecule has 0 saturated heterocycles. The number of phenolic OH excluding ortho intramolecular Hbond substituents is 2. The summed E-state index contributed by atoms with van der Waals surface area (Å²) in [7, 11) is 0. The van der Waals surface area contributed by atoms with Crippen molar-refractivity contribution in [2.24, 2.45) is 0 Å². The summed E-state index contributed by atoms with van der Waals surface area (Å²) in [5, 5.41) is 20.8. The molecule has 72 valence electrons. The molecule has 4 heteroatoms. The Bertz CT molecular complexity index is 509. The van der Waals surface area contributed by atoms with Crippen LogP contribution in [0, 0.1) is 0 Å². The lowest BCUT2D eigenvalue weighted by Gasteiger charge is -2.05. The first-order valence-electron chi connectivity index (χ1n) is 3.89. The maximum absolute atomic E-state index is 9.57. The SMILES string of the molecule is Oc1c(Cl)cc2ccc(Cl)cc2c1O. The molecule has 0 spiro atoms. The Kier molecular flexibility index (Phi) is 2.17. The van der Waals surface area contributed by atoms with E-state index in [-0.39, 0.29) is 16.5 Å². The molecule has 0 saturated carbocycles. The fraction of sp³-hybridized carbons (Fsp3) is 0. The number of benzene rings is 2. The lowest BCUT2D eigenvalue weighted by molar-refractivity contribution is 0.408. The average molecular weight is 229 g/mol. The van der Waals surface area contributed by atoms with Gasteiger partial charge in [0.1, 0.15) is 0 Å². The summed E-state index contributed by atoms with van der Waals surface area (Å²) in [4.78, 5) is 0. The summed E-state index contributed by atoms with van der Waals surface area (Å²) in [5.74, 6) is -0.559. The van der Waals surface area contributed by atoms with Crippen molar-refractivity contribution in [3.63, 3.8) is 0 Å². The van der Waals surface area contributed by atoms with Crippen LogP contribution in [-0.4, -0.2) is 10.2 Å². The molecule has 0 radical (unpaired) electrons. The van der Waals surface area contributed by atoms with Gasteiger partial charge in [-0.1, -0.05) is 29.3 Å². The molecule has 14 heavy (non-hydrogen) atoms. The number of hydrogen-bond acceptors (Lipinski definition) is 2. The van der Waals surface area contributed by atoms with Gasteiger partial charge in [-0.25, -0.2) is 0 Å². The monoisotopic (exact) mass is 228 g/mol. The van der Waals surface area contributed by atoms with Gasteiger partial charge < -0.3 is 10.2 Å². The molecule has 2 rings (SSSR count). The first-order chi connectivity index (χ1) is 6.59. The number of fused-ring (bicyclic) bond motifs is 1. The summed E-state index contributed by atoms with van der Waals surface area (Å²) in [6.45, 7) is 0. The number of aromatic hydroxyl groups is 2. The number of halogens is 2. The highest BCUT2D eigenvalue weighted by atomic mass is 35.5. The highest BCUT2D eigenvalue weighted by Crippen LogP contribution is 2.40. The molecule has 0 unspecified atom stereocenters. The highest BCUT2D eigenvalue weighted by molar-refractivity contribution is 6.34. The van der Waals surface area contributed by atoms with Crippen molar-refractivity contribution in [2.75, 3.05) is 0 Å². The van der Waals surface area contributed by atoms with E-state index >= 15 is 0 Å². The van der Waals surface area contributed by atoms with Crippen LogP contribution in [-0.2, 0) is 0 Å². The molecule has 0 fully saturated rings. The van der Waals surface area contributed by atoms with Crippen LogP contribution in [0.4, 0.5) is 0 Å². The van der Waals surface area contributed by atoms with E-state index in [1.54, 1.807) is 24.3 Å². The molecule has 0 aliphatic rings. The molecular weight excluding hydrogens is 223 g/mol. The van der Waals surface area contributed by atoms with E-state index < -0.39 is 0 Å². The summed E-state index contributed by atoms with van der Waals surface area (Å²) in [5.41, 5.74) is 0. The topological polar surface area (TPSA) is 40.5 Å². The van der Waals surface area contributed by atoms with Crippen molar-refractivity contribution in [3.8, 4) is 11.5 Å². The first kappa shape index (κ1) is 9.44. The molecule has 0 aliphatic carbocycles. The smallest absolute Gasteiger partial charge is 0.177 e. The third-order valence-electron chi connectivity index (χ3n) is 2.00. The van der Waals surface area contributed by atoms with Crippen molar-refractivity contribution >= 4 is 34.0 Å². The van der Waals surface area contributed by atoms with Crippen molar-refractivity contribution in [3.05, 3.63) is 34.3 Å². The zero-order valence-electron chi connectivity index (χ0n) is 6.96. The molecule has 0 aromatic heterocycles. The summed E-state index contributed by atoms with van der Waals surface area (Å²) >= 11 is 11.4. The molecule has 2 aromatic carbocycles. The van der Waals surface area contributed by atoms with Crippen LogP contribution < -0.4 is 0 Å². The second-order valence-corrected chi connectivity index (χ2v) is 3.76. The average Bonchev–Trinajstić information content (AvgIpc) is 2.16. The summed E-state index contributed by atoms with van der Waals surface area (Å²) < 4.78 is 0. The van der Waals surface area contributed by atoms with E-state index in [2.05, 4.69) is 0 Å². The number of rotatable bonds is 0. The molecule has 0 aliphatic heterocycles. The van der Waals surface area contributed by atoms with Gasteiger partial charge in [0, 0.05) is 10.4 Å². The van der Waals surface area contributed by atoms with Gasteiger partial charge in [-0.05, 0) is 23.6 Å². The van der Waals surface area contributed by atoms with Crippen molar-refractivity contribution < 1.29 is 10.2 Å². The van der Waals surface area contributed by atoms with E-state index in [1.807, 2.05) is 0 Å². The lowest BCUT2D eigenvalue weighted by Crippen LogP contribution is -1.77. The minimum absolute atomic E-state index is 0.123. The maximum Gasteiger partial charge on any atom is 0.177 e. The standard InChI is InChI=1S/C10H6Cl2O2/c11-6-2-1-5-3-8(12)10(14)9(13)7(5)4-6/h1-4,13-14H. The quantitative estimate of drug-likeness (QED) is 0.678. The molecule has 2 aromatic rings. The molecular formula is C10H6Cl2O2. The van der Waals surface area contributed by atoms with Crippen LogP contribution >= 0.6 is 23.2 Å². The van der Waals surface area contributed by atoms with E-state index in [0.717, 1.165) is 5.39 Å². The lowest BCUT2D eigenvalue weighted by atomic mass is 10.1. The Balaban J connectivity index is 2.92. The predicted molar refractivity (Wildman–Crippen MR) is 57.3 cm³/mol. The van der Waals surface area contributed by atoms with Crippen LogP contribution in [0.15, 0.2) is 24.3 Å². The Morgan fingerprint density at radius 1 is 0.929 bits per heavy atom. The summed E-state index contributed by atoms with van der Waals surface area (Å²) in [6, 6.07) is 6.56. The van der Waals surface area contributed by atoms with E-state index in [4.69, 9.17) is 23.2 Å². The Hall–Kier alpha value is -1.12. The predicted octanol–water partition coefficient (Wildman–Crippen LogP) is 3.56. The van der Waals surface area contributed by atoms with Gasteiger partial charge in [-0.3, -0.25) is 0 Å². The maximum atomic E-state index is 9.57. The molecule has 2 N–H and O–H groups in total. The second kappa shape index (κ2) is 3.23. The summed E-state index contributed by atoms with van der Waals surface area (Å²) in [6.07, 6.45) is 0. The normalized spacial score (nSPS) is 10.7. The largest absolute Gasteiger partial charge is 0.504 e. The Morgan fingerprint density at radius 2 is 1.64 bits per heavy atom.